The first kappa shape index (κ1) is 10.9. The fourth-order valence-electron chi connectivity index (χ4n) is 1.92. The summed E-state index contributed by atoms with van der Waals surface area (Å²) in [5.41, 5.74) is 6.51. The first-order chi connectivity index (χ1) is 7.22. The maximum Gasteiger partial charge on any atom is 0.185 e. The largest absolute Gasteiger partial charge is 0.376 e. The van der Waals surface area contributed by atoms with Crippen LogP contribution in [0.5, 0.6) is 0 Å². The summed E-state index contributed by atoms with van der Waals surface area (Å²) in [5, 5.41) is 3.06. The Hall–Kier alpha value is -0.650. The number of anilines is 1. The van der Waals surface area contributed by atoms with E-state index in [1.165, 1.54) is 0 Å². The zero-order valence-electron chi connectivity index (χ0n) is 9.14. The summed E-state index contributed by atoms with van der Waals surface area (Å²) in [6, 6.07) is 0.446. The van der Waals surface area contributed by atoms with Crippen LogP contribution in [0.15, 0.2) is 5.38 Å². The Balaban J connectivity index is 2.09. The Morgan fingerprint density at radius 3 is 3.07 bits per heavy atom. The Morgan fingerprint density at radius 2 is 2.53 bits per heavy atom. The Kier molecular flexibility index (Phi) is 3.23. The average Bonchev–Trinajstić information content (AvgIpc) is 2.84. The molecule has 0 aromatic carbocycles. The highest BCUT2D eigenvalue weighted by molar-refractivity contribution is 7.13. The molecule has 84 valence electrons. The molecule has 1 aliphatic heterocycles. The molecule has 5 heteroatoms. The van der Waals surface area contributed by atoms with E-state index in [1.807, 2.05) is 5.38 Å². The first-order valence-corrected chi connectivity index (χ1v) is 6.09. The number of aromatic nitrogens is 1. The first-order valence-electron chi connectivity index (χ1n) is 5.21. The Bertz CT molecular complexity index is 328. The smallest absolute Gasteiger partial charge is 0.185 e. The molecule has 1 saturated heterocycles. The Morgan fingerprint density at radius 1 is 1.73 bits per heavy atom. The van der Waals surface area contributed by atoms with Crippen LogP contribution in [0.3, 0.4) is 0 Å². The minimum atomic E-state index is 0.292. The van der Waals surface area contributed by atoms with Gasteiger partial charge in [-0.3, -0.25) is 0 Å². The second-order valence-corrected chi connectivity index (χ2v) is 4.70. The molecule has 2 heterocycles. The third-order valence-electron chi connectivity index (χ3n) is 2.88. The minimum Gasteiger partial charge on any atom is -0.376 e. The van der Waals surface area contributed by atoms with Gasteiger partial charge in [0, 0.05) is 25.6 Å². The van der Waals surface area contributed by atoms with Crippen LogP contribution in [0.4, 0.5) is 5.13 Å². The highest BCUT2D eigenvalue weighted by atomic mass is 32.1. The van der Waals surface area contributed by atoms with Crippen LogP contribution in [-0.2, 0) is 11.3 Å². The monoisotopic (exact) mass is 227 g/mol. The number of rotatable bonds is 3. The number of likely N-dealkylation sites (N-methyl/N-ethyl adjacent to an activating group) is 1. The highest BCUT2D eigenvalue weighted by Gasteiger charge is 2.29. The minimum absolute atomic E-state index is 0.292. The molecule has 0 bridgehead atoms. The second kappa shape index (κ2) is 4.47. The third-order valence-corrected chi connectivity index (χ3v) is 3.86. The van der Waals surface area contributed by atoms with Gasteiger partial charge in [0.1, 0.15) is 0 Å². The highest BCUT2D eigenvalue weighted by Crippen LogP contribution is 2.26. The molecular formula is C10H17N3OS. The van der Waals surface area contributed by atoms with Gasteiger partial charge in [0.2, 0.25) is 0 Å². The summed E-state index contributed by atoms with van der Waals surface area (Å²) in [5.74, 6) is 0. The predicted molar refractivity (Wildman–Crippen MR) is 62.2 cm³/mol. The molecule has 0 amide bonds. The Labute approximate surface area is 94.1 Å². The lowest BCUT2D eigenvalue weighted by atomic mass is 10.1. The van der Waals surface area contributed by atoms with Gasteiger partial charge in [0.15, 0.2) is 5.13 Å². The standard InChI is InChI=1S/C10H17N3OS/c1-7-9(3-4-14-7)13(2)10-12-8(5-11)6-15-10/h6-7,9H,3-5,11H2,1-2H3. The lowest BCUT2D eigenvalue weighted by Gasteiger charge is -2.25. The number of thiazole rings is 1. The fourth-order valence-corrected chi connectivity index (χ4v) is 2.78. The lowest BCUT2D eigenvalue weighted by Crippen LogP contribution is -2.36. The van der Waals surface area contributed by atoms with E-state index >= 15 is 0 Å². The number of hydrogen-bond acceptors (Lipinski definition) is 5. The second-order valence-electron chi connectivity index (χ2n) is 3.87. The van der Waals surface area contributed by atoms with Crippen LogP contribution in [0.25, 0.3) is 0 Å². The van der Waals surface area contributed by atoms with E-state index in [0.29, 0.717) is 18.7 Å². The van der Waals surface area contributed by atoms with Crippen LogP contribution in [0.2, 0.25) is 0 Å². The number of nitrogens with two attached hydrogens (primary N) is 1. The van der Waals surface area contributed by atoms with Crippen molar-refractivity contribution < 1.29 is 4.74 Å². The van der Waals surface area contributed by atoms with Crippen molar-refractivity contribution in [3.8, 4) is 0 Å². The van der Waals surface area contributed by atoms with Gasteiger partial charge < -0.3 is 15.4 Å². The van der Waals surface area contributed by atoms with Crippen LogP contribution in [0, 0.1) is 0 Å². The van der Waals surface area contributed by atoms with E-state index in [1.54, 1.807) is 11.3 Å². The molecule has 1 aromatic heterocycles. The van der Waals surface area contributed by atoms with Crippen molar-refractivity contribution >= 4 is 16.5 Å². The molecule has 1 fully saturated rings. The summed E-state index contributed by atoms with van der Waals surface area (Å²) in [7, 11) is 2.08. The normalized spacial score (nSPS) is 25.8. The van der Waals surface area contributed by atoms with Crippen LogP contribution < -0.4 is 10.6 Å². The number of ether oxygens (including phenoxy) is 1. The molecular weight excluding hydrogens is 210 g/mol. The predicted octanol–water partition coefficient (Wildman–Crippen LogP) is 1.22. The van der Waals surface area contributed by atoms with Gasteiger partial charge in [-0.15, -0.1) is 11.3 Å². The van der Waals surface area contributed by atoms with E-state index in [-0.39, 0.29) is 0 Å². The van der Waals surface area contributed by atoms with Gasteiger partial charge in [-0.05, 0) is 13.3 Å². The molecule has 1 aliphatic rings. The summed E-state index contributed by atoms with van der Waals surface area (Å²) in [4.78, 5) is 6.68. The maximum atomic E-state index is 5.55. The van der Waals surface area contributed by atoms with Gasteiger partial charge in [-0.2, -0.15) is 0 Å². The molecule has 15 heavy (non-hydrogen) atoms. The van der Waals surface area contributed by atoms with E-state index in [9.17, 15) is 0 Å². The number of nitrogens with zero attached hydrogens (tertiary/aromatic N) is 2. The maximum absolute atomic E-state index is 5.55. The molecule has 2 atom stereocenters. The summed E-state index contributed by atoms with van der Waals surface area (Å²) in [6.45, 7) is 3.48. The van der Waals surface area contributed by atoms with Crippen molar-refractivity contribution in [1.29, 1.82) is 0 Å². The molecule has 2 N–H and O–H groups in total. The molecule has 1 aromatic rings. The van der Waals surface area contributed by atoms with Crippen molar-refractivity contribution in [1.82, 2.24) is 4.98 Å². The number of hydrogen-bond donors (Lipinski definition) is 1. The third kappa shape index (κ3) is 2.14. The quantitative estimate of drug-likeness (QED) is 0.843. The van der Waals surface area contributed by atoms with Crippen LogP contribution >= 0.6 is 11.3 Å². The van der Waals surface area contributed by atoms with Crippen molar-refractivity contribution in [3.63, 3.8) is 0 Å². The molecule has 2 unspecified atom stereocenters. The topological polar surface area (TPSA) is 51.4 Å². The van der Waals surface area contributed by atoms with Gasteiger partial charge in [0.25, 0.3) is 0 Å². The van der Waals surface area contributed by atoms with Crippen molar-refractivity contribution in [2.75, 3.05) is 18.6 Å². The molecule has 0 saturated carbocycles. The van der Waals surface area contributed by atoms with Crippen molar-refractivity contribution in [2.45, 2.75) is 32.0 Å². The molecule has 0 spiro atoms. The molecule has 0 aliphatic carbocycles. The summed E-state index contributed by atoms with van der Waals surface area (Å²) >= 11 is 1.65. The van der Waals surface area contributed by atoms with E-state index in [4.69, 9.17) is 10.5 Å². The van der Waals surface area contributed by atoms with E-state index < -0.39 is 0 Å². The van der Waals surface area contributed by atoms with Gasteiger partial charge in [-0.25, -0.2) is 4.98 Å². The van der Waals surface area contributed by atoms with Crippen LogP contribution in [-0.4, -0.2) is 30.8 Å². The zero-order chi connectivity index (χ0) is 10.8. The SMILES string of the molecule is CC1OCCC1N(C)c1nc(CN)cs1. The average molecular weight is 227 g/mol. The zero-order valence-corrected chi connectivity index (χ0v) is 9.96. The summed E-state index contributed by atoms with van der Waals surface area (Å²) < 4.78 is 5.55. The van der Waals surface area contributed by atoms with Gasteiger partial charge in [-0.1, -0.05) is 0 Å². The molecule has 0 radical (unpaired) electrons. The van der Waals surface area contributed by atoms with E-state index in [2.05, 4.69) is 23.9 Å². The molecule has 2 rings (SSSR count). The van der Waals surface area contributed by atoms with E-state index in [0.717, 1.165) is 23.9 Å². The van der Waals surface area contributed by atoms with Gasteiger partial charge in [0.05, 0.1) is 17.8 Å². The lowest BCUT2D eigenvalue weighted by molar-refractivity contribution is 0.118. The summed E-state index contributed by atoms with van der Waals surface area (Å²) in [6.07, 6.45) is 1.37. The van der Waals surface area contributed by atoms with Gasteiger partial charge >= 0.3 is 0 Å². The van der Waals surface area contributed by atoms with Crippen molar-refractivity contribution in [2.24, 2.45) is 5.73 Å². The fraction of sp³-hybridized carbons (Fsp3) is 0.700. The van der Waals surface area contributed by atoms with Crippen LogP contribution in [0.1, 0.15) is 19.0 Å². The van der Waals surface area contributed by atoms with Crippen molar-refractivity contribution in [3.05, 3.63) is 11.1 Å². The molecule has 4 nitrogen and oxygen atoms in total.